The molecular formula is C18H20ClF3N2O3. The lowest BCUT2D eigenvalue weighted by atomic mass is 10.1. The average molecular weight is 405 g/mol. The van der Waals surface area contributed by atoms with Gasteiger partial charge in [-0.15, -0.1) is 13.2 Å². The van der Waals surface area contributed by atoms with Crippen LogP contribution in [0.3, 0.4) is 0 Å². The standard InChI is InChI=1S/C18H20ClF3N2O3/c1-5-11(6-2)26-17-16(19)24-15(10(3)23-17)13-8-7-12(9-14(13)25-4)27-18(20,21)22/h7-9,11H,5-6H2,1-4H3. The van der Waals surface area contributed by atoms with Gasteiger partial charge in [0.2, 0.25) is 0 Å². The van der Waals surface area contributed by atoms with E-state index in [1.807, 2.05) is 13.8 Å². The molecule has 0 saturated carbocycles. The van der Waals surface area contributed by atoms with Crippen LogP contribution in [-0.2, 0) is 0 Å². The molecule has 0 saturated heterocycles. The minimum Gasteiger partial charge on any atom is -0.496 e. The first-order valence-electron chi connectivity index (χ1n) is 8.33. The van der Waals surface area contributed by atoms with Crippen LogP contribution in [0.4, 0.5) is 13.2 Å². The van der Waals surface area contributed by atoms with Crippen molar-refractivity contribution in [2.24, 2.45) is 0 Å². The van der Waals surface area contributed by atoms with Gasteiger partial charge in [-0.05, 0) is 31.9 Å². The Hall–Kier alpha value is -2.22. The van der Waals surface area contributed by atoms with E-state index in [-0.39, 0.29) is 22.9 Å². The molecule has 0 aliphatic rings. The van der Waals surface area contributed by atoms with Crippen LogP contribution in [-0.4, -0.2) is 29.5 Å². The van der Waals surface area contributed by atoms with E-state index in [0.29, 0.717) is 17.0 Å². The fraction of sp³-hybridized carbons (Fsp3) is 0.444. The van der Waals surface area contributed by atoms with Crippen LogP contribution in [0.25, 0.3) is 11.3 Å². The number of ether oxygens (including phenoxy) is 3. The normalized spacial score (nSPS) is 11.6. The van der Waals surface area contributed by atoms with Crippen LogP contribution in [0.15, 0.2) is 18.2 Å². The summed E-state index contributed by atoms with van der Waals surface area (Å²) in [6, 6.07) is 3.72. The molecule has 27 heavy (non-hydrogen) atoms. The molecule has 2 rings (SSSR count). The van der Waals surface area contributed by atoms with Crippen LogP contribution in [0.5, 0.6) is 17.4 Å². The van der Waals surface area contributed by atoms with Crippen molar-refractivity contribution in [3.8, 4) is 28.6 Å². The first-order valence-corrected chi connectivity index (χ1v) is 8.71. The molecule has 0 N–H and O–H groups in total. The van der Waals surface area contributed by atoms with Crippen LogP contribution in [0.1, 0.15) is 32.4 Å². The number of hydrogen-bond acceptors (Lipinski definition) is 5. The molecule has 0 spiro atoms. The second kappa shape index (κ2) is 8.65. The van der Waals surface area contributed by atoms with E-state index in [1.165, 1.54) is 19.2 Å². The van der Waals surface area contributed by atoms with Crippen molar-refractivity contribution in [3.05, 3.63) is 29.0 Å². The molecule has 0 fully saturated rings. The Balaban J connectivity index is 2.41. The summed E-state index contributed by atoms with van der Waals surface area (Å²) in [5.41, 5.74) is 1.32. The lowest BCUT2D eigenvalue weighted by Gasteiger charge is -2.17. The second-order valence-electron chi connectivity index (χ2n) is 5.72. The SMILES string of the molecule is CCC(CC)Oc1nc(C)c(-c2ccc(OC(F)(F)F)cc2OC)nc1Cl. The predicted molar refractivity (Wildman–Crippen MR) is 95.4 cm³/mol. The van der Waals surface area contributed by atoms with Gasteiger partial charge in [0.1, 0.15) is 17.6 Å². The fourth-order valence-corrected chi connectivity index (χ4v) is 2.66. The highest BCUT2D eigenvalue weighted by atomic mass is 35.5. The van der Waals surface area contributed by atoms with E-state index in [0.717, 1.165) is 18.9 Å². The number of aryl methyl sites for hydroxylation is 1. The van der Waals surface area contributed by atoms with Crippen molar-refractivity contribution in [1.82, 2.24) is 9.97 Å². The number of hydrogen-bond donors (Lipinski definition) is 0. The predicted octanol–water partition coefficient (Wildman–Crippen LogP) is 5.58. The minimum atomic E-state index is -4.79. The van der Waals surface area contributed by atoms with E-state index in [1.54, 1.807) is 6.92 Å². The number of alkyl halides is 3. The maximum absolute atomic E-state index is 12.4. The third kappa shape index (κ3) is 5.38. The highest BCUT2D eigenvalue weighted by molar-refractivity contribution is 6.30. The number of rotatable bonds is 7. The van der Waals surface area contributed by atoms with Gasteiger partial charge in [-0.1, -0.05) is 25.4 Å². The van der Waals surface area contributed by atoms with Crippen molar-refractivity contribution in [3.63, 3.8) is 0 Å². The Kier molecular flexibility index (Phi) is 6.75. The molecule has 1 heterocycles. The van der Waals surface area contributed by atoms with Gasteiger partial charge in [-0.2, -0.15) is 0 Å². The lowest BCUT2D eigenvalue weighted by molar-refractivity contribution is -0.274. The molecule has 0 aliphatic carbocycles. The average Bonchev–Trinajstić information content (AvgIpc) is 2.60. The van der Waals surface area contributed by atoms with E-state index < -0.39 is 12.1 Å². The molecule has 0 aliphatic heterocycles. The molecular weight excluding hydrogens is 385 g/mol. The van der Waals surface area contributed by atoms with Gasteiger partial charge < -0.3 is 14.2 Å². The van der Waals surface area contributed by atoms with Crippen LogP contribution >= 0.6 is 11.6 Å². The van der Waals surface area contributed by atoms with Gasteiger partial charge in [0.15, 0.2) is 5.15 Å². The number of methoxy groups -OCH3 is 1. The molecule has 5 nitrogen and oxygen atoms in total. The van der Waals surface area contributed by atoms with Crippen molar-refractivity contribution in [2.75, 3.05) is 7.11 Å². The molecule has 0 bridgehead atoms. The number of benzene rings is 1. The van der Waals surface area contributed by atoms with Gasteiger partial charge in [-0.3, -0.25) is 0 Å². The van der Waals surface area contributed by atoms with Crippen molar-refractivity contribution < 1.29 is 27.4 Å². The van der Waals surface area contributed by atoms with Crippen LogP contribution < -0.4 is 14.2 Å². The van der Waals surface area contributed by atoms with E-state index in [2.05, 4.69) is 14.7 Å². The number of nitrogens with zero attached hydrogens (tertiary/aromatic N) is 2. The van der Waals surface area contributed by atoms with Gasteiger partial charge in [0.05, 0.1) is 18.5 Å². The van der Waals surface area contributed by atoms with Crippen LogP contribution in [0.2, 0.25) is 5.15 Å². The zero-order valence-corrected chi connectivity index (χ0v) is 16.1. The Labute approximate surface area is 160 Å². The first-order chi connectivity index (χ1) is 12.7. The first kappa shape index (κ1) is 21.1. The maximum atomic E-state index is 12.4. The zero-order chi connectivity index (χ0) is 20.2. The maximum Gasteiger partial charge on any atom is 0.573 e. The molecule has 9 heteroatoms. The van der Waals surface area contributed by atoms with Crippen molar-refractivity contribution in [2.45, 2.75) is 46.1 Å². The monoisotopic (exact) mass is 404 g/mol. The van der Waals surface area contributed by atoms with Gasteiger partial charge in [0, 0.05) is 11.6 Å². The second-order valence-corrected chi connectivity index (χ2v) is 6.08. The summed E-state index contributed by atoms with van der Waals surface area (Å²) in [7, 11) is 1.34. The smallest absolute Gasteiger partial charge is 0.496 e. The Morgan fingerprint density at radius 3 is 2.37 bits per heavy atom. The molecule has 0 atom stereocenters. The summed E-state index contributed by atoms with van der Waals surface area (Å²) >= 11 is 6.21. The third-order valence-electron chi connectivity index (χ3n) is 3.85. The highest BCUT2D eigenvalue weighted by Crippen LogP contribution is 2.37. The molecule has 2 aromatic rings. The van der Waals surface area contributed by atoms with Crippen molar-refractivity contribution >= 4 is 11.6 Å². The highest BCUT2D eigenvalue weighted by Gasteiger charge is 2.31. The molecule has 1 aromatic carbocycles. The summed E-state index contributed by atoms with van der Waals surface area (Å²) in [5.74, 6) is -0.0185. The summed E-state index contributed by atoms with van der Waals surface area (Å²) in [4.78, 5) is 8.67. The Morgan fingerprint density at radius 1 is 1.15 bits per heavy atom. The summed E-state index contributed by atoms with van der Waals surface area (Å²) < 4.78 is 52.1. The molecule has 148 valence electrons. The summed E-state index contributed by atoms with van der Waals surface area (Å²) in [5, 5.41) is 0.0696. The summed E-state index contributed by atoms with van der Waals surface area (Å²) in [6.07, 6.45) is -3.23. The molecule has 0 radical (unpaired) electrons. The molecule has 1 aromatic heterocycles. The molecule has 0 unspecified atom stereocenters. The Bertz CT molecular complexity index is 796. The number of halogens is 4. The topological polar surface area (TPSA) is 53.5 Å². The Morgan fingerprint density at radius 2 is 1.81 bits per heavy atom. The summed E-state index contributed by atoms with van der Waals surface area (Å²) in [6.45, 7) is 5.69. The lowest BCUT2D eigenvalue weighted by Crippen LogP contribution is -2.17. The molecule has 0 amide bonds. The van der Waals surface area contributed by atoms with Gasteiger partial charge in [-0.25, -0.2) is 9.97 Å². The van der Waals surface area contributed by atoms with E-state index in [9.17, 15) is 13.2 Å². The quantitative estimate of drug-likeness (QED) is 0.603. The fourth-order valence-electron chi connectivity index (χ4n) is 2.49. The zero-order valence-electron chi connectivity index (χ0n) is 15.4. The van der Waals surface area contributed by atoms with Gasteiger partial charge in [0.25, 0.3) is 5.88 Å². The van der Waals surface area contributed by atoms with Gasteiger partial charge >= 0.3 is 6.36 Å². The van der Waals surface area contributed by atoms with Crippen molar-refractivity contribution in [1.29, 1.82) is 0 Å². The largest absolute Gasteiger partial charge is 0.573 e. The van der Waals surface area contributed by atoms with E-state index >= 15 is 0 Å². The third-order valence-corrected chi connectivity index (χ3v) is 4.10. The van der Waals surface area contributed by atoms with Crippen LogP contribution in [0, 0.1) is 6.92 Å². The number of aromatic nitrogens is 2. The minimum absolute atomic E-state index is 0.0320. The van der Waals surface area contributed by atoms with E-state index in [4.69, 9.17) is 21.1 Å².